The van der Waals surface area contributed by atoms with Crippen molar-refractivity contribution in [3.8, 4) is 0 Å². The lowest BCUT2D eigenvalue weighted by atomic mass is 9.88. The van der Waals surface area contributed by atoms with Crippen LogP contribution in [0.4, 0.5) is 0 Å². The first kappa shape index (κ1) is 17.4. The highest BCUT2D eigenvalue weighted by molar-refractivity contribution is 8.13. The summed E-state index contributed by atoms with van der Waals surface area (Å²) in [4.78, 5) is 25.3. The van der Waals surface area contributed by atoms with Gasteiger partial charge in [-0.05, 0) is 29.7 Å². The van der Waals surface area contributed by atoms with E-state index in [2.05, 4.69) is 0 Å². The molecular formula is C19H21NO2S. The zero-order chi connectivity index (χ0) is 17.0. The Bertz CT molecular complexity index is 688. The minimum Gasteiger partial charge on any atom is -0.320 e. The van der Waals surface area contributed by atoms with Crippen LogP contribution in [0.15, 0.2) is 59.5 Å². The third-order valence-electron chi connectivity index (χ3n) is 3.56. The van der Waals surface area contributed by atoms with Gasteiger partial charge >= 0.3 is 0 Å². The second-order valence-electron chi connectivity index (χ2n) is 6.48. The standard InChI is InChI=1S/C19H21NO2S/c1-19(2,3)17(20)18(22)23-15-11-9-14(10-12-15)16(21)13-7-5-4-6-8-13/h4-12,17H,20H2,1-3H3. The average Bonchev–Trinajstić information content (AvgIpc) is 2.54. The van der Waals surface area contributed by atoms with Crippen molar-refractivity contribution in [3.63, 3.8) is 0 Å². The number of rotatable bonds is 4. The van der Waals surface area contributed by atoms with Crippen molar-refractivity contribution in [2.45, 2.75) is 31.7 Å². The molecule has 2 rings (SSSR count). The number of hydrogen-bond donors (Lipinski definition) is 1. The second kappa shape index (κ2) is 7.11. The summed E-state index contributed by atoms with van der Waals surface area (Å²) in [6.45, 7) is 5.83. The number of ketones is 1. The molecule has 120 valence electrons. The molecule has 2 N–H and O–H groups in total. The Balaban J connectivity index is 2.08. The van der Waals surface area contributed by atoms with Gasteiger partial charge in [0.25, 0.3) is 0 Å². The Morgan fingerprint density at radius 3 is 1.96 bits per heavy atom. The summed E-state index contributed by atoms with van der Waals surface area (Å²) in [6.07, 6.45) is 0. The fraction of sp³-hybridized carbons (Fsp3) is 0.263. The van der Waals surface area contributed by atoms with E-state index in [0.29, 0.717) is 11.1 Å². The summed E-state index contributed by atoms with van der Waals surface area (Å²) >= 11 is 1.12. The number of benzene rings is 2. The van der Waals surface area contributed by atoms with E-state index in [0.717, 1.165) is 16.7 Å². The third-order valence-corrected chi connectivity index (χ3v) is 4.52. The lowest BCUT2D eigenvalue weighted by molar-refractivity contribution is -0.113. The number of carbonyl (C=O) groups excluding carboxylic acids is 2. The van der Waals surface area contributed by atoms with Crippen LogP contribution in [0.25, 0.3) is 0 Å². The Hall–Kier alpha value is -1.91. The van der Waals surface area contributed by atoms with E-state index in [4.69, 9.17) is 5.73 Å². The van der Waals surface area contributed by atoms with Crippen molar-refractivity contribution in [3.05, 3.63) is 65.7 Å². The van der Waals surface area contributed by atoms with Crippen LogP contribution in [0.5, 0.6) is 0 Å². The summed E-state index contributed by atoms with van der Waals surface area (Å²) in [7, 11) is 0. The first-order valence-electron chi connectivity index (χ1n) is 7.46. The predicted molar refractivity (Wildman–Crippen MR) is 94.6 cm³/mol. The lowest BCUT2D eigenvalue weighted by Gasteiger charge is -2.25. The summed E-state index contributed by atoms with van der Waals surface area (Å²) in [6, 6.07) is 15.7. The van der Waals surface area contributed by atoms with E-state index in [1.54, 1.807) is 36.4 Å². The largest absolute Gasteiger partial charge is 0.320 e. The van der Waals surface area contributed by atoms with Gasteiger partial charge in [0, 0.05) is 16.0 Å². The second-order valence-corrected chi connectivity index (χ2v) is 7.56. The van der Waals surface area contributed by atoms with E-state index in [9.17, 15) is 9.59 Å². The summed E-state index contributed by atoms with van der Waals surface area (Å²) in [5, 5.41) is -0.0698. The van der Waals surface area contributed by atoms with Crippen LogP contribution in [0.3, 0.4) is 0 Å². The zero-order valence-corrected chi connectivity index (χ0v) is 14.4. The van der Waals surface area contributed by atoms with Crippen molar-refractivity contribution < 1.29 is 9.59 Å². The molecule has 0 spiro atoms. The Morgan fingerprint density at radius 1 is 0.913 bits per heavy atom. The van der Waals surface area contributed by atoms with Crippen molar-refractivity contribution in [2.24, 2.45) is 11.1 Å². The topological polar surface area (TPSA) is 60.2 Å². The quantitative estimate of drug-likeness (QED) is 0.683. The van der Waals surface area contributed by atoms with E-state index in [1.165, 1.54) is 0 Å². The van der Waals surface area contributed by atoms with Gasteiger partial charge in [0.15, 0.2) is 5.78 Å². The van der Waals surface area contributed by atoms with Crippen molar-refractivity contribution in [1.82, 2.24) is 0 Å². The fourth-order valence-electron chi connectivity index (χ4n) is 1.96. The van der Waals surface area contributed by atoms with Gasteiger partial charge in [0.1, 0.15) is 0 Å². The number of carbonyl (C=O) groups is 2. The van der Waals surface area contributed by atoms with Crippen LogP contribution in [0.1, 0.15) is 36.7 Å². The maximum atomic E-state index is 12.3. The third kappa shape index (κ3) is 4.53. The Kier molecular flexibility index (Phi) is 5.39. The molecule has 0 bridgehead atoms. The first-order valence-corrected chi connectivity index (χ1v) is 8.28. The minimum atomic E-state index is -0.530. The van der Waals surface area contributed by atoms with Gasteiger partial charge in [0.2, 0.25) is 5.12 Å². The van der Waals surface area contributed by atoms with Crippen LogP contribution < -0.4 is 5.73 Å². The molecule has 1 atom stereocenters. The molecule has 1 unspecified atom stereocenters. The zero-order valence-electron chi connectivity index (χ0n) is 13.6. The van der Waals surface area contributed by atoms with Gasteiger partial charge in [-0.2, -0.15) is 0 Å². The fourth-order valence-corrected chi connectivity index (χ4v) is 2.95. The Labute approximate surface area is 141 Å². The Morgan fingerprint density at radius 2 is 1.43 bits per heavy atom. The van der Waals surface area contributed by atoms with E-state index >= 15 is 0 Å². The summed E-state index contributed by atoms with van der Waals surface area (Å²) < 4.78 is 0. The molecule has 0 saturated heterocycles. The smallest absolute Gasteiger partial charge is 0.210 e. The number of nitrogens with two attached hydrogens (primary N) is 1. The van der Waals surface area contributed by atoms with Crippen LogP contribution in [-0.4, -0.2) is 16.9 Å². The van der Waals surface area contributed by atoms with Gasteiger partial charge in [0.05, 0.1) is 6.04 Å². The van der Waals surface area contributed by atoms with Gasteiger partial charge < -0.3 is 5.73 Å². The van der Waals surface area contributed by atoms with Crippen molar-refractivity contribution in [1.29, 1.82) is 0 Å². The molecule has 2 aromatic carbocycles. The average molecular weight is 327 g/mol. The van der Waals surface area contributed by atoms with Gasteiger partial charge in [-0.15, -0.1) is 0 Å². The monoisotopic (exact) mass is 327 g/mol. The van der Waals surface area contributed by atoms with Gasteiger partial charge in [-0.25, -0.2) is 0 Å². The molecule has 0 aliphatic carbocycles. The maximum Gasteiger partial charge on any atom is 0.210 e. The highest BCUT2D eigenvalue weighted by Crippen LogP contribution is 2.27. The highest BCUT2D eigenvalue weighted by atomic mass is 32.2. The number of hydrogen-bond acceptors (Lipinski definition) is 4. The van der Waals surface area contributed by atoms with Gasteiger partial charge in [-0.1, -0.05) is 62.9 Å². The summed E-state index contributed by atoms with van der Waals surface area (Å²) in [5.41, 5.74) is 6.96. The van der Waals surface area contributed by atoms with Crippen LogP contribution >= 0.6 is 11.8 Å². The van der Waals surface area contributed by atoms with Crippen molar-refractivity contribution in [2.75, 3.05) is 0 Å². The molecule has 0 radical (unpaired) electrons. The van der Waals surface area contributed by atoms with E-state index < -0.39 is 6.04 Å². The molecule has 2 aromatic rings. The molecule has 0 aliphatic heterocycles. The molecular weight excluding hydrogens is 306 g/mol. The normalized spacial score (nSPS) is 12.7. The molecule has 0 amide bonds. The molecule has 4 heteroatoms. The maximum absolute atomic E-state index is 12.3. The van der Waals surface area contributed by atoms with Crippen molar-refractivity contribution >= 4 is 22.7 Å². The molecule has 0 fully saturated rings. The molecule has 0 aliphatic rings. The van der Waals surface area contributed by atoms with Crippen LogP contribution in [0, 0.1) is 5.41 Å². The first-order chi connectivity index (χ1) is 10.8. The summed E-state index contributed by atoms with van der Waals surface area (Å²) in [5.74, 6) is -0.0279. The van der Waals surface area contributed by atoms with E-state index in [-0.39, 0.29) is 16.3 Å². The molecule has 0 aromatic heterocycles. The molecule has 0 saturated carbocycles. The van der Waals surface area contributed by atoms with Crippen LogP contribution in [0.2, 0.25) is 0 Å². The SMILES string of the molecule is CC(C)(C)C(N)C(=O)Sc1ccc(C(=O)c2ccccc2)cc1. The molecule has 23 heavy (non-hydrogen) atoms. The minimum absolute atomic E-state index is 0.0279. The molecule has 3 nitrogen and oxygen atoms in total. The van der Waals surface area contributed by atoms with Gasteiger partial charge in [-0.3, -0.25) is 9.59 Å². The van der Waals surface area contributed by atoms with Crippen LogP contribution in [-0.2, 0) is 4.79 Å². The number of thioether (sulfide) groups is 1. The lowest BCUT2D eigenvalue weighted by Crippen LogP contribution is -2.40. The predicted octanol–water partition coefficient (Wildman–Crippen LogP) is 3.91. The highest BCUT2D eigenvalue weighted by Gasteiger charge is 2.27. The molecule has 0 heterocycles. The van der Waals surface area contributed by atoms with E-state index in [1.807, 2.05) is 39.0 Å².